The number of benzene rings is 3. The van der Waals surface area contributed by atoms with E-state index in [-0.39, 0.29) is 24.0 Å². The highest BCUT2D eigenvalue weighted by Crippen LogP contribution is 2.60. The minimum atomic E-state index is -1.92. The molecule has 3 rings (SSSR count). The first kappa shape index (κ1) is 38.0. The van der Waals surface area contributed by atoms with Crippen LogP contribution in [0.1, 0.15) is 134 Å². The fraction of sp³-hybridized carbons (Fsp3) is 0.561. The second-order valence-electron chi connectivity index (χ2n) is 13.7. The molecule has 0 aliphatic rings. The second kappa shape index (κ2) is 18.1. The Balaban J connectivity index is 0.00000645. The van der Waals surface area contributed by atoms with Gasteiger partial charge < -0.3 is 24.0 Å². The molecule has 2 heteroatoms. The summed E-state index contributed by atoms with van der Waals surface area (Å²) < 4.78 is 0. The molecule has 0 radical (unpaired) electrons. The molecule has 3 aromatic rings. The number of aryl methyl sites for hydroxylation is 9. The number of hydrogen-bond donors (Lipinski definition) is 0. The molecule has 0 unspecified atom stereocenters. The maximum absolute atomic E-state index is 2.46. The van der Waals surface area contributed by atoms with Crippen LogP contribution in [0.15, 0.2) is 36.4 Å². The van der Waals surface area contributed by atoms with Gasteiger partial charge in [0, 0.05) is 0 Å². The molecule has 0 spiro atoms. The van der Waals surface area contributed by atoms with Crippen LogP contribution in [0.3, 0.4) is 0 Å². The van der Waals surface area contributed by atoms with E-state index in [1.165, 1.54) is 133 Å². The summed E-state index contributed by atoms with van der Waals surface area (Å²) in [4.78, 5) is 0. The molecule has 0 aromatic heterocycles. The third-order valence-corrected chi connectivity index (χ3v) is 14.8. The highest BCUT2D eigenvalue weighted by molar-refractivity contribution is 7.96. The molecule has 238 valence electrons. The summed E-state index contributed by atoms with van der Waals surface area (Å²) in [6.45, 7) is 23.5. The van der Waals surface area contributed by atoms with Crippen molar-refractivity contribution < 1.29 is 24.0 Å². The van der Waals surface area contributed by atoms with Gasteiger partial charge in [-0.1, -0.05) is 124 Å². The number of rotatable bonds is 16. The largest absolute Gasteiger partial charge is 1.00 e. The van der Waals surface area contributed by atoms with Gasteiger partial charge >= 0.3 is 0 Å². The highest BCUT2D eigenvalue weighted by atomic mass is 127. The van der Waals surface area contributed by atoms with Gasteiger partial charge in [-0.15, -0.1) is 0 Å². The first-order valence-corrected chi connectivity index (χ1v) is 19.1. The number of hydrogen-bond acceptors (Lipinski definition) is 0. The van der Waals surface area contributed by atoms with Crippen molar-refractivity contribution in [2.24, 2.45) is 0 Å². The van der Waals surface area contributed by atoms with Gasteiger partial charge in [0.25, 0.3) is 0 Å². The van der Waals surface area contributed by atoms with Crippen LogP contribution in [-0.4, -0.2) is 6.16 Å². The Labute approximate surface area is 284 Å². The van der Waals surface area contributed by atoms with E-state index in [2.05, 4.69) is 106 Å². The first-order chi connectivity index (χ1) is 20.0. The van der Waals surface area contributed by atoms with Crippen LogP contribution < -0.4 is 39.9 Å². The third kappa shape index (κ3) is 9.66. The van der Waals surface area contributed by atoms with E-state index in [1.54, 1.807) is 15.9 Å². The first-order valence-electron chi connectivity index (χ1n) is 17.2. The Hall–Kier alpha value is -1.18. The minimum absolute atomic E-state index is 0. The molecule has 0 saturated heterocycles. The zero-order valence-corrected chi connectivity index (χ0v) is 32.5. The molecule has 0 N–H and O–H groups in total. The van der Waals surface area contributed by atoms with Gasteiger partial charge in [0.1, 0.15) is 23.2 Å². The van der Waals surface area contributed by atoms with Gasteiger partial charge in [-0.3, -0.25) is 0 Å². The van der Waals surface area contributed by atoms with Crippen molar-refractivity contribution in [2.75, 3.05) is 6.16 Å². The van der Waals surface area contributed by atoms with Crippen molar-refractivity contribution in [2.45, 2.75) is 146 Å². The molecule has 0 aliphatic carbocycles. The molecule has 0 atom stereocenters. The summed E-state index contributed by atoms with van der Waals surface area (Å²) in [6.07, 6.45) is 18.0. The highest BCUT2D eigenvalue weighted by Gasteiger charge is 2.50. The Morgan fingerprint density at radius 1 is 0.372 bits per heavy atom. The summed E-state index contributed by atoms with van der Waals surface area (Å²) in [7, 11) is -1.92. The summed E-state index contributed by atoms with van der Waals surface area (Å²) in [5.41, 5.74) is 13.1. The average Bonchev–Trinajstić information content (AvgIpc) is 2.87. The summed E-state index contributed by atoms with van der Waals surface area (Å²) in [5, 5.41) is 4.96. The van der Waals surface area contributed by atoms with E-state index in [9.17, 15) is 0 Å². The lowest BCUT2D eigenvalue weighted by atomic mass is 10.1. The second-order valence-corrected chi connectivity index (χ2v) is 17.1. The standard InChI is InChI=1S/C41H62P.HI/c1-11-12-13-14-15-16-17-18-19-20-21-22-23-42(39-33(5)24-30(2)25-34(39)6,40-35(7)26-31(3)27-36(40)8)41-37(9)28-32(4)29-38(41)10;/h24-29H,11-23H2,1-10H3;1H/q+1;/p-1. The zero-order chi connectivity index (χ0) is 30.9. The SMILES string of the molecule is CCCCCCCCCCCCCC[P+](c1c(C)cc(C)cc1C)(c1c(C)cc(C)cc1C)c1c(C)cc(C)cc1C.[I-]. The molecule has 3 aromatic carbocycles. The Morgan fingerprint density at radius 3 is 0.860 bits per heavy atom. The quantitative estimate of drug-likeness (QED) is 0.0795. The predicted molar refractivity (Wildman–Crippen MR) is 194 cm³/mol. The summed E-state index contributed by atoms with van der Waals surface area (Å²) in [6, 6.07) is 14.7. The lowest BCUT2D eigenvalue weighted by Crippen LogP contribution is -3.00. The van der Waals surface area contributed by atoms with E-state index in [1.807, 2.05) is 0 Å². The molecule has 0 aliphatic heterocycles. The lowest BCUT2D eigenvalue weighted by molar-refractivity contribution is -0.00000940. The molecule has 0 nitrogen and oxygen atoms in total. The normalized spacial score (nSPS) is 11.6. The molecule has 0 fully saturated rings. The van der Waals surface area contributed by atoms with E-state index >= 15 is 0 Å². The van der Waals surface area contributed by atoms with Gasteiger partial charge in [0.05, 0.1) is 6.16 Å². The van der Waals surface area contributed by atoms with Crippen LogP contribution in [0.5, 0.6) is 0 Å². The van der Waals surface area contributed by atoms with Crippen molar-refractivity contribution in [3.05, 3.63) is 86.5 Å². The smallest absolute Gasteiger partial charge is 0.113 e. The minimum Gasteiger partial charge on any atom is -1.00 e. The lowest BCUT2D eigenvalue weighted by Gasteiger charge is -2.35. The average molecular weight is 713 g/mol. The molecule has 0 bridgehead atoms. The zero-order valence-electron chi connectivity index (χ0n) is 29.5. The molecular formula is C41H62IP. The van der Waals surface area contributed by atoms with Gasteiger partial charge in [0.15, 0.2) is 0 Å². The van der Waals surface area contributed by atoms with Crippen molar-refractivity contribution in [1.82, 2.24) is 0 Å². The van der Waals surface area contributed by atoms with E-state index < -0.39 is 7.26 Å². The third-order valence-electron chi connectivity index (χ3n) is 9.40. The molecule has 0 saturated carbocycles. The topological polar surface area (TPSA) is 0 Å². The molecule has 0 amide bonds. The fourth-order valence-corrected chi connectivity index (χ4v) is 14.2. The Kier molecular flexibility index (Phi) is 16.0. The van der Waals surface area contributed by atoms with Crippen LogP contribution in [0, 0.1) is 62.3 Å². The van der Waals surface area contributed by atoms with Crippen molar-refractivity contribution in [3.63, 3.8) is 0 Å². The molecule has 43 heavy (non-hydrogen) atoms. The van der Waals surface area contributed by atoms with Crippen LogP contribution in [0.4, 0.5) is 0 Å². The van der Waals surface area contributed by atoms with Gasteiger partial charge in [-0.25, -0.2) is 0 Å². The summed E-state index contributed by atoms with van der Waals surface area (Å²) >= 11 is 0. The van der Waals surface area contributed by atoms with Crippen molar-refractivity contribution in [1.29, 1.82) is 0 Å². The van der Waals surface area contributed by atoms with Crippen molar-refractivity contribution >= 4 is 23.2 Å². The van der Waals surface area contributed by atoms with Crippen LogP contribution in [0.2, 0.25) is 0 Å². The van der Waals surface area contributed by atoms with Gasteiger partial charge in [-0.2, -0.15) is 0 Å². The van der Waals surface area contributed by atoms with E-state index in [4.69, 9.17) is 0 Å². The summed E-state index contributed by atoms with van der Waals surface area (Å²) in [5.74, 6) is 0. The number of halogens is 1. The number of unbranched alkanes of at least 4 members (excludes halogenated alkanes) is 11. The fourth-order valence-electron chi connectivity index (χ4n) is 8.18. The van der Waals surface area contributed by atoms with Crippen LogP contribution in [0.25, 0.3) is 0 Å². The molecule has 0 heterocycles. The van der Waals surface area contributed by atoms with E-state index in [0.717, 1.165) is 0 Å². The predicted octanol–water partition coefficient (Wildman–Crippen LogP) is 8.46. The van der Waals surface area contributed by atoms with Crippen LogP contribution >= 0.6 is 7.26 Å². The van der Waals surface area contributed by atoms with Crippen molar-refractivity contribution in [3.8, 4) is 0 Å². The van der Waals surface area contributed by atoms with E-state index in [0.29, 0.717) is 0 Å². The maximum Gasteiger partial charge on any atom is 0.113 e. The van der Waals surface area contributed by atoms with Gasteiger partial charge in [-0.05, 0) is 109 Å². The van der Waals surface area contributed by atoms with Crippen LogP contribution in [-0.2, 0) is 0 Å². The maximum atomic E-state index is 2.46. The molecular weight excluding hydrogens is 650 g/mol. The van der Waals surface area contributed by atoms with Gasteiger partial charge in [0.2, 0.25) is 0 Å². The Bertz CT molecular complexity index is 1110. The monoisotopic (exact) mass is 712 g/mol. The Morgan fingerprint density at radius 2 is 0.605 bits per heavy atom.